The van der Waals surface area contributed by atoms with Crippen LogP contribution in [0.25, 0.3) is 10.9 Å². The molecule has 0 aliphatic heterocycles. The van der Waals surface area contributed by atoms with Gasteiger partial charge >= 0.3 is 0 Å². The highest BCUT2D eigenvalue weighted by atomic mass is 32.2. The third kappa shape index (κ3) is 3.92. The van der Waals surface area contributed by atoms with Gasteiger partial charge in [-0.05, 0) is 37.3 Å². The molecule has 31 heavy (non-hydrogen) atoms. The van der Waals surface area contributed by atoms with Gasteiger partial charge in [-0.1, -0.05) is 35.9 Å². The molecule has 0 atom stereocenters. The van der Waals surface area contributed by atoms with Gasteiger partial charge in [0.05, 0.1) is 30.3 Å². The number of nitrogens with one attached hydrogen (secondary N) is 1. The smallest absolute Gasteiger partial charge is 0.210 e. The van der Waals surface area contributed by atoms with Crippen molar-refractivity contribution in [3.8, 4) is 11.5 Å². The number of pyridine rings is 1. The first-order chi connectivity index (χ1) is 14.9. The van der Waals surface area contributed by atoms with E-state index in [2.05, 4.69) is 10.3 Å². The minimum Gasteiger partial charge on any atom is -0.493 e. The Kier molecular flexibility index (Phi) is 5.52. The van der Waals surface area contributed by atoms with Crippen LogP contribution in [0.5, 0.6) is 11.5 Å². The Balaban J connectivity index is 1.90. The summed E-state index contributed by atoms with van der Waals surface area (Å²) in [7, 11) is -0.692. The number of nitrogens with zero attached hydrogens (tertiary/aromatic N) is 1. The van der Waals surface area contributed by atoms with Crippen LogP contribution in [0.4, 0.5) is 11.4 Å². The minimum atomic E-state index is -3.81. The molecule has 0 radical (unpaired) electrons. The normalized spacial score (nSPS) is 11.3. The maximum absolute atomic E-state index is 13.5. The van der Waals surface area contributed by atoms with Gasteiger partial charge in [0.1, 0.15) is 4.90 Å². The van der Waals surface area contributed by atoms with Gasteiger partial charge in [-0.3, -0.25) is 4.98 Å². The fraction of sp³-hybridized carbons (Fsp3) is 0.125. The van der Waals surface area contributed by atoms with Crippen LogP contribution in [0, 0.1) is 6.92 Å². The first-order valence-electron chi connectivity index (χ1n) is 9.62. The highest BCUT2D eigenvalue weighted by Crippen LogP contribution is 2.37. The Morgan fingerprint density at radius 2 is 1.58 bits per heavy atom. The number of anilines is 2. The lowest BCUT2D eigenvalue weighted by molar-refractivity contribution is 0.355. The number of rotatable bonds is 6. The maximum atomic E-state index is 13.5. The zero-order valence-electron chi connectivity index (χ0n) is 17.4. The Bertz CT molecular complexity index is 1350. The van der Waals surface area contributed by atoms with Gasteiger partial charge in [0.25, 0.3) is 0 Å². The number of methoxy groups -OCH3 is 2. The van der Waals surface area contributed by atoms with E-state index in [9.17, 15) is 8.42 Å². The van der Waals surface area contributed by atoms with Crippen LogP contribution >= 0.6 is 0 Å². The Morgan fingerprint density at radius 1 is 0.871 bits per heavy atom. The van der Waals surface area contributed by atoms with Crippen molar-refractivity contribution in [2.75, 3.05) is 19.5 Å². The van der Waals surface area contributed by atoms with Crippen LogP contribution in [0.3, 0.4) is 0 Å². The molecule has 1 aromatic heterocycles. The predicted octanol–water partition coefficient (Wildman–Crippen LogP) is 5.14. The summed E-state index contributed by atoms with van der Waals surface area (Å²) in [5.74, 6) is 1.12. The van der Waals surface area contributed by atoms with Crippen LogP contribution in [-0.4, -0.2) is 27.6 Å². The van der Waals surface area contributed by atoms with Crippen molar-refractivity contribution < 1.29 is 17.9 Å². The van der Waals surface area contributed by atoms with E-state index in [1.807, 2.05) is 31.2 Å². The number of fused-ring (bicyclic) bond motifs is 1. The molecule has 0 bridgehead atoms. The van der Waals surface area contributed by atoms with Crippen molar-refractivity contribution in [3.05, 3.63) is 78.5 Å². The highest BCUT2D eigenvalue weighted by molar-refractivity contribution is 7.91. The monoisotopic (exact) mass is 434 g/mol. The summed E-state index contributed by atoms with van der Waals surface area (Å²) in [6.45, 7) is 1.91. The lowest BCUT2D eigenvalue weighted by Gasteiger charge is -2.16. The fourth-order valence-corrected chi connectivity index (χ4v) is 4.73. The number of benzene rings is 3. The predicted molar refractivity (Wildman–Crippen MR) is 121 cm³/mol. The number of para-hydroxylation sites is 1. The molecular formula is C24H22N2O4S. The van der Waals surface area contributed by atoms with Crippen molar-refractivity contribution in [3.63, 3.8) is 0 Å². The first-order valence-corrected chi connectivity index (χ1v) is 11.1. The average Bonchev–Trinajstić information content (AvgIpc) is 2.79. The molecule has 0 saturated carbocycles. The van der Waals surface area contributed by atoms with Crippen LogP contribution in [0.15, 0.2) is 82.7 Å². The molecule has 4 aromatic rings. The number of ether oxygens (including phenoxy) is 2. The summed E-state index contributed by atoms with van der Waals surface area (Å²) in [5.41, 5.74) is 2.79. The fourth-order valence-electron chi connectivity index (χ4n) is 3.36. The summed E-state index contributed by atoms with van der Waals surface area (Å²) >= 11 is 0. The van der Waals surface area contributed by atoms with Crippen molar-refractivity contribution in [2.24, 2.45) is 0 Å². The van der Waals surface area contributed by atoms with Gasteiger partial charge in [-0.15, -0.1) is 0 Å². The van der Waals surface area contributed by atoms with E-state index in [-0.39, 0.29) is 9.79 Å². The summed E-state index contributed by atoms with van der Waals surface area (Å²) in [6, 6.07) is 19.5. The van der Waals surface area contributed by atoms with E-state index < -0.39 is 9.84 Å². The molecule has 4 rings (SSSR count). The second-order valence-corrected chi connectivity index (χ2v) is 8.94. The van der Waals surface area contributed by atoms with Crippen LogP contribution in [-0.2, 0) is 9.84 Å². The molecule has 0 aliphatic carbocycles. The van der Waals surface area contributed by atoms with Gasteiger partial charge in [-0.25, -0.2) is 8.42 Å². The Hall–Kier alpha value is -3.58. The Labute approximate surface area is 181 Å². The third-order valence-electron chi connectivity index (χ3n) is 5.01. The molecule has 0 spiro atoms. The van der Waals surface area contributed by atoms with E-state index in [0.29, 0.717) is 33.8 Å². The largest absolute Gasteiger partial charge is 0.493 e. The number of sulfone groups is 1. The molecule has 1 N–H and O–H groups in total. The summed E-state index contributed by atoms with van der Waals surface area (Å²) in [5, 5.41) is 3.97. The van der Waals surface area contributed by atoms with Gasteiger partial charge in [-0.2, -0.15) is 0 Å². The molecular weight excluding hydrogens is 412 g/mol. The zero-order chi connectivity index (χ0) is 22.0. The molecule has 0 unspecified atom stereocenters. The molecule has 158 valence electrons. The van der Waals surface area contributed by atoms with E-state index in [1.165, 1.54) is 6.20 Å². The van der Waals surface area contributed by atoms with E-state index >= 15 is 0 Å². The van der Waals surface area contributed by atoms with E-state index in [1.54, 1.807) is 56.7 Å². The minimum absolute atomic E-state index is 0.102. The lowest BCUT2D eigenvalue weighted by Crippen LogP contribution is -2.07. The maximum Gasteiger partial charge on any atom is 0.210 e. The molecule has 7 heteroatoms. The standard InChI is InChI=1S/C24H22N2O4S/c1-16-8-11-18(12-9-16)31(27,28)23-15-25-20-7-5-4-6-19(20)24(23)26-17-10-13-21(29-2)22(14-17)30-3/h4-15H,1-3H3,(H,25,26). The quantitative estimate of drug-likeness (QED) is 0.453. The molecule has 1 heterocycles. The number of hydrogen-bond donors (Lipinski definition) is 1. The Morgan fingerprint density at radius 3 is 2.29 bits per heavy atom. The first kappa shape index (κ1) is 20.7. The van der Waals surface area contributed by atoms with E-state index in [0.717, 1.165) is 5.56 Å². The van der Waals surface area contributed by atoms with Gasteiger partial charge in [0, 0.05) is 23.3 Å². The van der Waals surface area contributed by atoms with Crippen LogP contribution in [0.2, 0.25) is 0 Å². The SMILES string of the molecule is COc1ccc(Nc2c(S(=O)(=O)c3ccc(C)cc3)cnc3ccccc23)cc1OC. The summed E-state index contributed by atoms with van der Waals surface area (Å²) < 4.78 is 37.7. The highest BCUT2D eigenvalue weighted by Gasteiger charge is 2.24. The topological polar surface area (TPSA) is 77.5 Å². The zero-order valence-corrected chi connectivity index (χ0v) is 18.2. The number of hydrogen-bond acceptors (Lipinski definition) is 6. The van der Waals surface area contributed by atoms with Crippen molar-refractivity contribution >= 4 is 32.1 Å². The van der Waals surface area contributed by atoms with E-state index in [4.69, 9.17) is 9.47 Å². The molecule has 0 fully saturated rings. The average molecular weight is 435 g/mol. The molecule has 6 nitrogen and oxygen atoms in total. The summed E-state index contributed by atoms with van der Waals surface area (Å²) in [6.07, 6.45) is 1.40. The van der Waals surface area contributed by atoms with Crippen LogP contribution in [0.1, 0.15) is 5.56 Å². The molecule has 0 saturated heterocycles. The number of aryl methyl sites for hydroxylation is 1. The second-order valence-electron chi connectivity index (χ2n) is 7.03. The molecule has 0 amide bonds. The van der Waals surface area contributed by atoms with Crippen molar-refractivity contribution in [1.29, 1.82) is 0 Å². The second kappa shape index (κ2) is 8.28. The van der Waals surface area contributed by atoms with Gasteiger partial charge in [0.2, 0.25) is 9.84 Å². The molecule has 3 aromatic carbocycles. The molecule has 0 aliphatic rings. The van der Waals surface area contributed by atoms with Crippen molar-refractivity contribution in [2.45, 2.75) is 16.7 Å². The lowest BCUT2D eigenvalue weighted by atomic mass is 10.1. The van der Waals surface area contributed by atoms with Gasteiger partial charge in [0.15, 0.2) is 11.5 Å². The third-order valence-corrected chi connectivity index (χ3v) is 6.80. The van der Waals surface area contributed by atoms with Gasteiger partial charge < -0.3 is 14.8 Å². The number of aromatic nitrogens is 1. The van der Waals surface area contributed by atoms with Crippen LogP contribution < -0.4 is 14.8 Å². The summed E-state index contributed by atoms with van der Waals surface area (Å²) in [4.78, 5) is 4.71. The van der Waals surface area contributed by atoms with Crippen molar-refractivity contribution in [1.82, 2.24) is 4.98 Å².